The highest BCUT2D eigenvalue weighted by Gasteiger charge is 2.16. The molecule has 1 aliphatic rings. The monoisotopic (exact) mass is 260 g/mol. The van der Waals surface area contributed by atoms with Crippen molar-refractivity contribution in [2.45, 2.75) is 31.8 Å². The van der Waals surface area contributed by atoms with Crippen LogP contribution in [0.15, 0.2) is 16.8 Å². The Morgan fingerprint density at radius 3 is 3.06 bits per heavy atom. The van der Waals surface area contributed by atoms with Crippen LogP contribution >= 0.6 is 23.7 Å². The summed E-state index contributed by atoms with van der Waals surface area (Å²) >= 11 is 1.79. The van der Waals surface area contributed by atoms with Gasteiger partial charge in [-0.3, -0.25) is 4.90 Å². The summed E-state index contributed by atoms with van der Waals surface area (Å²) in [4.78, 5) is 2.51. The van der Waals surface area contributed by atoms with Gasteiger partial charge >= 0.3 is 0 Å². The van der Waals surface area contributed by atoms with E-state index in [1.54, 1.807) is 11.3 Å². The molecule has 1 unspecified atom stereocenters. The molecule has 92 valence electrons. The molecule has 2 heterocycles. The molecule has 1 aromatic rings. The first-order valence-corrected chi connectivity index (χ1v) is 6.72. The van der Waals surface area contributed by atoms with Crippen molar-refractivity contribution >= 4 is 23.7 Å². The van der Waals surface area contributed by atoms with Gasteiger partial charge in [-0.25, -0.2) is 0 Å². The van der Waals surface area contributed by atoms with E-state index in [2.05, 4.69) is 34.1 Å². The van der Waals surface area contributed by atoms with Crippen LogP contribution in [0.4, 0.5) is 0 Å². The third kappa shape index (κ3) is 4.06. The third-order valence-electron chi connectivity index (χ3n) is 3.18. The summed E-state index contributed by atoms with van der Waals surface area (Å²) in [5.74, 6) is 0. The van der Waals surface area contributed by atoms with Crippen molar-refractivity contribution in [2.24, 2.45) is 0 Å². The van der Waals surface area contributed by atoms with Crippen molar-refractivity contribution in [1.82, 2.24) is 10.2 Å². The van der Waals surface area contributed by atoms with Crippen molar-refractivity contribution in [3.05, 3.63) is 22.4 Å². The van der Waals surface area contributed by atoms with E-state index in [1.165, 1.54) is 37.9 Å². The van der Waals surface area contributed by atoms with Crippen LogP contribution < -0.4 is 5.32 Å². The highest BCUT2D eigenvalue weighted by Crippen LogP contribution is 2.16. The molecule has 0 aromatic carbocycles. The molecule has 0 saturated carbocycles. The first-order chi connectivity index (χ1) is 7.36. The van der Waals surface area contributed by atoms with Gasteiger partial charge in [0, 0.05) is 12.6 Å². The lowest BCUT2D eigenvalue weighted by Crippen LogP contribution is -2.31. The molecule has 0 spiro atoms. The smallest absolute Gasteiger partial charge is 0.0241 e. The highest BCUT2D eigenvalue weighted by molar-refractivity contribution is 7.07. The second-order valence-electron chi connectivity index (χ2n) is 4.38. The molecule has 2 rings (SSSR count). The Hall–Kier alpha value is -0.0900. The molecule has 0 bridgehead atoms. The number of nitrogens with one attached hydrogen (secondary N) is 1. The Kier molecular flexibility index (Phi) is 6.36. The molecular formula is C12H21ClN2S. The van der Waals surface area contributed by atoms with E-state index in [0.29, 0.717) is 0 Å². The van der Waals surface area contributed by atoms with Crippen molar-refractivity contribution in [3.8, 4) is 0 Å². The third-order valence-corrected chi connectivity index (χ3v) is 3.91. The van der Waals surface area contributed by atoms with Crippen LogP contribution in [0, 0.1) is 0 Å². The van der Waals surface area contributed by atoms with Gasteiger partial charge < -0.3 is 5.32 Å². The zero-order chi connectivity index (χ0) is 10.5. The predicted molar refractivity (Wildman–Crippen MR) is 73.5 cm³/mol. The quantitative estimate of drug-likeness (QED) is 0.899. The number of hydrogen-bond acceptors (Lipinski definition) is 3. The molecule has 1 atom stereocenters. The van der Waals surface area contributed by atoms with E-state index in [0.717, 1.165) is 12.6 Å². The second-order valence-corrected chi connectivity index (χ2v) is 5.16. The summed E-state index contributed by atoms with van der Waals surface area (Å²) in [6, 6.07) is 3.00. The van der Waals surface area contributed by atoms with Crippen molar-refractivity contribution in [3.63, 3.8) is 0 Å². The maximum atomic E-state index is 3.47. The van der Waals surface area contributed by atoms with E-state index in [1.807, 2.05) is 0 Å². The fraction of sp³-hybridized carbons (Fsp3) is 0.667. The molecule has 1 N–H and O–H groups in total. The van der Waals surface area contributed by atoms with Crippen LogP contribution in [-0.4, -0.2) is 31.1 Å². The lowest BCUT2D eigenvalue weighted by atomic mass is 10.1. The van der Waals surface area contributed by atoms with Crippen LogP contribution in [0.5, 0.6) is 0 Å². The fourth-order valence-electron chi connectivity index (χ4n) is 2.24. The molecule has 16 heavy (non-hydrogen) atoms. The van der Waals surface area contributed by atoms with Gasteiger partial charge in [0.2, 0.25) is 0 Å². The summed E-state index contributed by atoms with van der Waals surface area (Å²) < 4.78 is 0. The molecule has 2 nitrogen and oxygen atoms in total. The van der Waals surface area contributed by atoms with Crippen molar-refractivity contribution in [1.29, 1.82) is 0 Å². The largest absolute Gasteiger partial charge is 0.317 e. The van der Waals surface area contributed by atoms with Crippen molar-refractivity contribution < 1.29 is 0 Å². The maximum absolute atomic E-state index is 3.47. The van der Waals surface area contributed by atoms with Crippen LogP contribution in [-0.2, 0) is 6.54 Å². The number of rotatable bonds is 3. The number of nitrogens with zero attached hydrogens (tertiary/aromatic N) is 1. The lowest BCUT2D eigenvalue weighted by Gasteiger charge is -2.26. The van der Waals surface area contributed by atoms with E-state index in [4.69, 9.17) is 0 Å². The highest BCUT2D eigenvalue weighted by atomic mass is 35.5. The summed E-state index contributed by atoms with van der Waals surface area (Å²) in [5.41, 5.74) is 1.46. The zero-order valence-corrected chi connectivity index (χ0v) is 11.4. The van der Waals surface area contributed by atoms with E-state index >= 15 is 0 Å². The molecule has 4 heteroatoms. The molecular weight excluding hydrogens is 240 g/mol. The van der Waals surface area contributed by atoms with Gasteiger partial charge in [0.1, 0.15) is 0 Å². The average molecular weight is 261 g/mol. The van der Waals surface area contributed by atoms with E-state index < -0.39 is 0 Å². The van der Waals surface area contributed by atoms with Crippen LogP contribution in [0.2, 0.25) is 0 Å². The number of hydrogen-bond donors (Lipinski definition) is 1. The summed E-state index contributed by atoms with van der Waals surface area (Å²) in [6.45, 7) is 3.48. The molecule has 0 radical (unpaired) electrons. The zero-order valence-electron chi connectivity index (χ0n) is 9.82. The molecule has 1 saturated heterocycles. The minimum absolute atomic E-state index is 0. The Morgan fingerprint density at radius 1 is 1.44 bits per heavy atom. The van der Waals surface area contributed by atoms with Gasteiger partial charge in [-0.05, 0) is 61.8 Å². The lowest BCUT2D eigenvalue weighted by molar-refractivity contribution is 0.217. The normalized spacial score (nSPS) is 21.5. The van der Waals surface area contributed by atoms with Gasteiger partial charge in [-0.2, -0.15) is 11.3 Å². The van der Waals surface area contributed by atoms with Crippen LogP contribution in [0.3, 0.4) is 0 Å². The van der Waals surface area contributed by atoms with Crippen molar-refractivity contribution in [2.75, 3.05) is 20.1 Å². The standard InChI is InChI=1S/C12H20N2S.ClH/c1-14(9-11-5-8-15-10-11)12-3-2-6-13-7-4-12;/h5,8,10,12-13H,2-4,6-7,9H2,1H3;1H. The Balaban J connectivity index is 0.00000128. The van der Waals surface area contributed by atoms with Gasteiger partial charge in [-0.1, -0.05) is 0 Å². The summed E-state index contributed by atoms with van der Waals surface area (Å²) in [7, 11) is 2.26. The minimum Gasteiger partial charge on any atom is -0.317 e. The SMILES string of the molecule is CN(Cc1ccsc1)C1CCCNCC1.Cl. The van der Waals surface area contributed by atoms with Gasteiger partial charge in [0.25, 0.3) is 0 Å². The van der Waals surface area contributed by atoms with Gasteiger partial charge in [0.05, 0.1) is 0 Å². The molecule has 0 amide bonds. The molecule has 1 fully saturated rings. The maximum Gasteiger partial charge on any atom is 0.0241 e. The summed E-state index contributed by atoms with van der Waals surface area (Å²) in [5, 5.41) is 7.89. The Bertz CT molecular complexity index is 269. The predicted octanol–water partition coefficient (Wildman–Crippen LogP) is 2.74. The van der Waals surface area contributed by atoms with Crippen LogP contribution in [0.1, 0.15) is 24.8 Å². The molecule has 1 aromatic heterocycles. The van der Waals surface area contributed by atoms with E-state index in [9.17, 15) is 0 Å². The van der Waals surface area contributed by atoms with Crippen LogP contribution in [0.25, 0.3) is 0 Å². The average Bonchev–Trinajstić information content (AvgIpc) is 2.58. The first-order valence-electron chi connectivity index (χ1n) is 5.78. The summed E-state index contributed by atoms with van der Waals surface area (Å²) in [6.07, 6.45) is 3.95. The topological polar surface area (TPSA) is 15.3 Å². The second kappa shape index (κ2) is 7.28. The number of thiophene rings is 1. The number of halogens is 1. The Morgan fingerprint density at radius 2 is 2.31 bits per heavy atom. The molecule has 0 aliphatic carbocycles. The first kappa shape index (κ1) is 14.0. The minimum atomic E-state index is 0. The van der Waals surface area contributed by atoms with E-state index in [-0.39, 0.29) is 12.4 Å². The Labute approximate surface area is 108 Å². The van der Waals surface area contributed by atoms with Gasteiger partial charge in [0.15, 0.2) is 0 Å². The molecule has 1 aliphatic heterocycles. The van der Waals surface area contributed by atoms with Gasteiger partial charge in [-0.15, -0.1) is 12.4 Å². The fourth-order valence-corrected chi connectivity index (χ4v) is 2.90.